The van der Waals surface area contributed by atoms with Crippen LogP contribution in [-0.4, -0.2) is 25.1 Å². The van der Waals surface area contributed by atoms with E-state index in [1.807, 2.05) is 19.3 Å². The van der Waals surface area contributed by atoms with E-state index in [1.54, 1.807) is 6.20 Å². The number of rotatable bonds is 5. The molecule has 66 valence electrons. The molecule has 1 rings (SSSR count). The molecular formula is C9H15N3. The first-order valence-electron chi connectivity index (χ1n) is 4.17. The zero-order valence-electron chi connectivity index (χ0n) is 7.38. The van der Waals surface area contributed by atoms with Gasteiger partial charge in [-0.15, -0.1) is 0 Å². The van der Waals surface area contributed by atoms with Gasteiger partial charge >= 0.3 is 0 Å². The van der Waals surface area contributed by atoms with Crippen LogP contribution in [0.3, 0.4) is 0 Å². The van der Waals surface area contributed by atoms with E-state index in [2.05, 4.69) is 21.7 Å². The largest absolute Gasteiger partial charge is 0.318 e. The van der Waals surface area contributed by atoms with E-state index in [0.29, 0.717) is 0 Å². The lowest BCUT2D eigenvalue weighted by atomic mass is 10.3. The maximum atomic E-state index is 4.03. The lowest BCUT2D eigenvalue weighted by molar-refractivity contribution is 0.649. The topological polar surface area (TPSA) is 37.0 Å². The van der Waals surface area contributed by atoms with Crippen molar-refractivity contribution in [3.05, 3.63) is 30.1 Å². The number of likely N-dealkylation sites (N-methyl/N-ethyl adjacent to an activating group) is 1. The third-order valence-corrected chi connectivity index (χ3v) is 1.60. The fraction of sp³-hybridized carbons (Fsp3) is 0.444. The molecule has 3 heteroatoms. The van der Waals surface area contributed by atoms with Gasteiger partial charge in [-0.05, 0) is 18.7 Å². The van der Waals surface area contributed by atoms with E-state index in [1.165, 1.54) is 5.56 Å². The molecule has 0 aromatic carbocycles. The Kier molecular flexibility index (Phi) is 4.34. The van der Waals surface area contributed by atoms with Gasteiger partial charge < -0.3 is 10.6 Å². The fourth-order valence-electron chi connectivity index (χ4n) is 0.949. The summed E-state index contributed by atoms with van der Waals surface area (Å²) in [5, 5.41) is 6.38. The maximum Gasteiger partial charge on any atom is 0.0312 e. The standard InChI is InChI=1S/C9H15N3/c1-10-5-6-12-8-9-3-2-4-11-7-9/h2-4,7,10,12H,5-6,8H2,1H3. The van der Waals surface area contributed by atoms with Crippen LogP contribution < -0.4 is 10.6 Å². The van der Waals surface area contributed by atoms with Crippen molar-refractivity contribution in [3.63, 3.8) is 0 Å². The minimum atomic E-state index is 0.898. The molecule has 0 spiro atoms. The number of pyridine rings is 1. The van der Waals surface area contributed by atoms with Crippen molar-refractivity contribution in [2.24, 2.45) is 0 Å². The van der Waals surface area contributed by atoms with Crippen molar-refractivity contribution >= 4 is 0 Å². The van der Waals surface area contributed by atoms with E-state index in [4.69, 9.17) is 0 Å². The number of hydrogen-bond donors (Lipinski definition) is 2. The SMILES string of the molecule is CNCCNCc1cccnc1. The van der Waals surface area contributed by atoms with Crippen molar-refractivity contribution < 1.29 is 0 Å². The van der Waals surface area contributed by atoms with Gasteiger partial charge in [0.1, 0.15) is 0 Å². The van der Waals surface area contributed by atoms with Crippen LogP contribution in [0.1, 0.15) is 5.56 Å². The number of hydrogen-bond acceptors (Lipinski definition) is 3. The minimum Gasteiger partial charge on any atom is -0.318 e. The molecule has 1 aromatic heterocycles. The number of nitrogens with one attached hydrogen (secondary N) is 2. The fourth-order valence-corrected chi connectivity index (χ4v) is 0.949. The van der Waals surface area contributed by atoms with Crippen molar-refractivity contribution in [1.82, 2.24) is 15.6 Å². The summed E-state index contributed by atoms with van der Waals surface area (Å²) < 4.78 is 0. The van der Waals surface area contributed by atoms with Gasteiger partial charge in [0.15, 0.2) is 0 Å². The van der Waals surface area contributed by atoms with E-state index < -0.39 is 0 Å². The highest BCUT2D eigenvalue weighted by Crippen LogP contribution is 1.93. The van der Waals surface area contributed by atoms with Crippen LogP contribution in [0.5, 0.6) is 0 Å². The second-order valence-electron chi connectivity index (χ2n) is 2.64. The highest BCUT2D eigenvalue weighted by molar-refractivity contribution is 5.07. The number of nitrogens with zero attached hydrogens (tertiary/aromatic N) is 1. The molecule has 0 saturated heterocycles. The summed E-state index contributed by atoms with van der Waals surface area (Å²) in [6, 6.07) is 4.02. The molecule has 0 fully saturated rings. The monoisotopic (exact) mass is 165 g/mol. The van der Waals surface area contributed by atoms with Crippen molar-refractivity contribution in [1.29, 1.82) is 0 Å². The van der Waals surface area contributed by atoms with Crippen molar-refractivity contribution in [2.45, 2.75) is 6.54 Å². The lowest BCUT2D eigenvalue weighted by Crippen LogP contribution is -2.24. The molecule has 0 atom stereocenters. The summed E-state index contributed by atoms with van der Waals surface area (Å²) in [5.41, 5.74) is 1.23. The molecule has 0 aliphatic rings. The quantitative estimate of drug-likeness (QED) is 0.620. The van der Waals surface area contributed by atoms with Crippen LogP contribution in [-0.2, 0) is 6.54 Å². The molecule has 0 aliphatic carbocycles. The normalized spacial score (nSPS) is 10.1. The predicted octanol–water partition coefficient (Wildman–Crippen LogP) is 0.391. The van der Waals surface area contributed by atoms with Gasteiger partial charge in [-0.1, -0.05) is 6.07 Å². The van der Waals surface area contributed by atoms with Gasteiger partial charge in [0.2, 0.25) is 0 Å². The van der Waals surface area contributed by atoms with Crippen LogP contribution in [0.15, 0.2) is 24.5 Å². The molecule has 1 aromatic rings. The zero-order chi connectivity index (χ0) is 8.65. The summed E-state index contributed by atoms with van der Waals surface area (Å²) in [7, 11) is 1.95. The average molecular weight is 165 g/mol. The minimum absolute atomic E-state index is 0.898. The van der Waals surface area contributed by atoms with Gasteiger partial charge in [-0.25, -0.2) is 0 Å². The molecular weight excluding hydrogens is 150 g/mol. The first-order valence-corrected chi connectivity index (χ1v) is 4.17. The average Bonchev–Trinajstić information content (AvgIpc) is 2.14. The predicted molar refractivity (Wildman–Crippen MR) is 49.9 cm³/mol. The summed E-state index contributed by atoms with van der Waals surface area (Å²) >= 11 is 0. The Bertz CT molecular complexity index is 198. The van der Waals surface area contributed by atoms with Gasteiger partial charge in [-0.3, -0.25) is 4.98 Å². The van der Waals surface area contributed by atoms with E-state index >= 15 is 0 Å². The first kappa shape index (κ1) is 9.16. The zero-order valence-corrected chi connectivity index (χ0v) is 7.38. The lowest BCUT2D eigenvalue weighted by Gasteiger charge is -2.02. The second-order valence-corrected chi connectivity index (χ2v) is 2.64. The summed E-state index contributed by atoms with van der Waals surface area (Å²) in [6.07, 6.45) is 3.67. The van der Waals surface area contributed by atoms with Gasteiger partial charge in [0, 0.05) is 32.0 Å². The van der Waals surface area contributed by atoms with Crippen molar-refractivity contribution in [2.75, 3.05) is 20.1 Å². The smallest absolute Gasteiger partial charge is 0.0312 e. The Labute approximate surface area is 73.2 Å². The maximum absolute atomic E-state index is 4.03. The van der Waals surface area contributed by atoms with Crippen LogP contribution in [0.25, 0.3) is 0 Å². The van der Waals surface area contributed by atoms with Crippen LogP contribution in [0.2, 0.25) is 0 Å². The molecule has 0 bridgehead atoms. The van der Waals surface area contributed by atoms with Crippen LogP contribution in [0.4, 0.5) is 0 Å². The molecule has 0 saturated carbocycles. The molecule has 12 heavy (non-hydrogen) atoms. The molecule has 0 unspecified atom stereocenters. The molecule has 2 N–H and O–H groups in total. The Hall–Kier alpha value is -0.930. The van der Waals surface area contributed by atoms with Gasteiger partial charge in [-0.2, -0.15) is 0 Å². The van der Waals surface area contributed by atoms with E-state index in [9.17, 15) is 0 Å². The molecule has 0 radical (unpaired) electrons. The van der Waals surface area contributed by atoms with Crippen molar-refractivity contribution in [3.8, 4) is 0 Å². The molecule has 0 aliphatic heterocycles. The third-order valence-electron chi connectivity index (χ3n) is 1.60. The Morgan fingerprint density at radius 3 is 3.00 bits per heavy atom. The molecule has 1 heterocycles. The van der Waals surface area contributed by atoms with E-state index in [0.717, 1.165) is 19.6 Å². The first-order chi connectivity index (χ1) is 5.93. The van der Waals surface area contributed by atoms with Gasteiger partial charge in [0.25, 0.3) is 0 Å². The molecule has 3 nitrogen and oxygen atoms in total. The highest BCUT2D eigenvalue weighted by Gasteiger charge is 1.89. The van der Waals surface area contributed by atoms with Crippen LogP contribution in [0, 0.1) is 0 Å². The Balaban J connectivity index is 2.16. The summed E-state index contributed by atoms with van der Waals surface area (Å²) in [4.78, 5) is 4.03. The Morgan fingerprint density at radius 2 is 2.33 bits per heavy atom. The van der Waals surface area contributed by atoms with Gasteiger partial charge in [0.05, 0.1) is 0 Å². The summed E-state index contributed by atoms with van der Waals surface area (Å²) in [6.45, 7) is 2.89. The summed E-state index contributed by atoms with van der Waals surface area (Å²) in [5.74, 6) is 0. The second kappa shape index (κ2) is 5.69. The van der Waals surface area contributed by atoms with Crippen LogP contribution >= 0.6 is 0 Å². The van der Waals surface area contributed by atoms with E-state index in [-0.39, 0.29) is 0 Å². The highest BCUT2D eigenvalue weighted by atomic mass is 14.9. The Morgan fingerprint density at radius 1 is 1.42 bits per heavy atom. The molecule has 0 amide bonds. The third kappa shape index (κ3) is 3.46. The number of aromatic nitrogens is 1.